The van der Waals surface area contributed by atoms with Crippen molar-refractivity contribution in [1.29, 1.82) is 0 Å². The van der Waals surface area contributed by atoms with Gasteiger partial charge < -0.3 is 10.1 Å². The van der Waals surface area contributed by atoms with Gasteiger partial charge in [0.25, 0.3) is 0 Å². The van der Waals surface area contributed by atoms with Gasteiger partial charge in [0.2, 0.25) is 5.91 Å². The Balaban J connectivity index is 2.07. The van der Waals surface area contributed by atoms with Gasteiger partial charge in [0.05, 0.1) is 6.61 Å². The molecular formula is C17H17F3N2O3S. The maximum atomic E-state index is 13.0. The second-order valence-electron chi connectivity index (χ2n) is 5.45. The van der Waals surface area contributed by atoms with Gasteiger partial charge in [0.1, 0.15) is 4.88 Å². The van der Waals surface area contributed by atoms with E-state index >= 15 is 0 Å². The van der Waals surface area contributed by atoms with Crippen LogP contribution >= 0.6 is 11.3 Å². The minimum absolute atomic E-state index is 0.0632. The van der Waals surface area contributed by atoms with E-state index in [9.17, 15) is 22.8 Å². The van der Waals surface area contributed by atoms with Crippen LogP contribution in [0.25, 0.3) is 0 Å². The molecule has 0 aliphatic rings. The Morgan fingerprint density at radius 2 is 1.88 bits per heavy atom. The number of nitrogens with one attached hydrogen (secondary N) is 1. The molecule has 26 heavy (non-hydrogen) atoms. The third-order valence-corrected chi connectivity index (χ3v) is 4.32. The Morgan fingerprint density at radius 1 is 1.23 bits per heavy atom. The molecule has 140 valence electrons. The molecule has 0 saturated carbocycles. The molecule has 2 aromatic rings. The maximum absolute atomic E-state index is 13.0. The van der Waals surface area contributed by atoms with Crippen LogP contribution in [0.5, 0.6) is 0 Å². The largest absolute Gasteiger partial charge is 0.462 e. The van der Waals surface area contributed by atoms with E-state index in [0.717, 1.165) is 11.1 Å². The summed E-state index contributed by atoms with van der Waals surface area (Å²) in [6, 6.07) is 7.59. The number of hydrogen-bond acceptors (Lipinski definition) is 5. The predicted molar refractivity (Wildman–Crippen MR) is 91.2 cm³/mol. The number of aryl methyl sites for hydroxylation is 2. The van der Waals surface area contributed by atoms with Crippen molar-refractivity contribution in [3.63, 3.8) is 0 Å². The summed E-state index contributed by atoms with van der Waals surface area (Å²) in [6.07, 6.45) is -4.30. The third kappa shape index (κ3) is 5.29. The molecule has 1 heterocycles. The van der Waals surface area contributed by atoms with Crippen molar-refractivity contribution < 1.29 is 27.5 Å². The molecule has 0 unspecified atom stereocenters. The molecule has 0 spiro atoms. The monoisotopic (exact) mass is 386 g/mol. The number of halogens is 3. The van der Waals surface area contributed by atoms with Crippen molar-refractivity contribution >= 4 is 28.3 Å². The van der Waals surface area contributed by atoms with Crippen LogP contribution in [0.1, 0.15) is 39.8 Å². The van der Waals surface area contributed by atoms with Crippen molar-refractivity contribution in [3.05, 3.63) is 46.0 Å². The van der Waals surface area contributed by atoms with E-state index in [2.05, 4.69) is 15.0 Å². The highest BCUT2D eigenvalue weighted by molar-refractivity contribution is 7.17. The number of aromatic nitrogens is 1. The van der Waals surface area contributed by atoms with Gasteiger partial charge in [-0.2, -0.15) is 13.2 Å². The van der Waals surface area contributed by atoms with Gasteiger partial charge in [0.15, 0.2) is 10.8 Å². The van der Waals surface area contributed by atoms with Crippen LogP contribution in [0, 0.1) is 6.92 Å². The number of hydrogen-bond donors (Lipinski definition) is 1. The molecule has 5 nitrogen and oxygen atoms in total. The summed E-state index contributed by atoms with van der Waals surface area (Å²) in [5, 5.41) is 2.03. The van der Waals surface area contributed by atoms with E-state index in [4.69, 9.17) is 0 Å². The van der Waals surface area contributed by atoms with Gasteiger partial charge in [-0.15, -0.1) is 0 Å². The van der Waals surface area contributed by atoms with E-state index in [0.29, 0.717) is 17.8 Å². The lowest BCUT2D eigenvalue weighted by Gasteiger charge is -2.05. The molecule has 1 aromatic heterocycles. The lowest BCUT2D eigenvalue weighted by molar-refractivity contribution is -0.141. The SMILES string of the molecule is CCOC(=O)c1sc(NC(=O)CCc2ccc(C)cc2)nc1C(F)(F)F. The van der Waals surface area contributed by atoms with Gasteiger partial charge in [-0.3, -0.25) is 4.79 Å². The van der Waals surface area contributed by atoms with Crippen LogP contribution in [0.2, 0.25) is 0 Å². The lowest BCUT2D eigenvalue weighted by Crippen LogP contribution is -2.14. The number of esters is 1. The van der Waals surface area contributed by atoms with Gasteiger partial charge in [-0.25, -0.2) is 9.78 Å². The van der Waals surface area contributed by atoms with E-state index in [1.807, 2.05) is 31.2 Å². The molecule has 9 heteroatoms. The summed E-state index contributed by atoms with van der Waals surface area (Å²) >= 11 is 0.449. The van der Waals surface area contributed by atoms with Gasteiger partial charge in [0, 0.05) is 6.42 Å². The average molecular weight is 386 g/mol. The fourth-order valence-electron chi connectivity index (χ4n) is 2.10. The molecule has 1 aromatic carbocycles. The minimum Gasteiger partial charge on any atom is -0.462 e. The summed E-state index contributed by atoms with van der Waals surface area (Å²) in [7, 11) is 0. The lowest BCUT2D eigenvalue weighted by atomic mass is 10.1. The van der Waals surface area contributed by atoms with Crippen molar-refractivity contribution in [2.24, 2.45) is 0 Å². The van der Waals surface area contributed by atoms with Crippen LogP contribution in [-0.4, -0.2) is 23.5 Å². The number of ether oxygens (including phenoxy) is 1. The average Bonchev–Trinajstić information content (AvgIpc) is 2.99. The quantitative estimate of drug-likeness (QED) is 0.755. The van der Waals surface area contributed by atoms with Crippen LogP contribution in [0.3, 0.4) is 0 Å². The zero-order valence-corrected chi connectivity index (χ0v) is 15.0. The maximum Gasteiger partial charge on any atom is 0.435 e. The predicted octanol–water partition coefficient (Wildman–Crippen LogP) is 4.22. The number of anilines is 1. The van der Waals surface area contributed by atoms with E-state index in [1.165, 1.54) is 6.92 Å². The molecule has 0 aliphatic carbocycles. The number of benzene rings is 1. The number of rotatable bonds is 6. The molecule has 0 radical (unpaired) electrons. The Kier molecular flexibility index (Phi) is 6.36. The Hall–Kier alpha value is -2.42. The first-order chi connectivity index (χ1) is 12.2. The molecule has 0 fully saturated rings. The fraction of sp³-hybridized carbons (Fsp3) is 0.353. The normalized spacial score (nSPS) is 11.3. The van der Waals surface area contributed by atoms with Gasteiger partial charge in [-0.1, -0.05) is 41.2 Å². The summed E-state index contributed by atoms with van der Waals surface area (Å²) < 4.78 is 43.7. The highest BCUT2D eigenvalue weighted by Gasteiger charge is 2.40. The van der Waals surface area contributed by atoms with Crippen molar-refractivity contribution in [2.75, 3.05) is 11.9 Å². The van der Waals surface area contributed by atoms with Crippen molar-refractivity contribution in [3.8, 4) is 0 Å². The number of carbonyl (C=O) groups excluding carboxylic acids is 2. The number of thiazole rings is 1. The fourth-order valence-corrected chi connectivity index (χ4v) is 2.99. The smallest absolute Gasteiger partial charge is 0.435 e. The summed E-state index contributed by atoms with van der Waals surface area (Å²) in [5.74, 6) is -1.60. The van der Waals surface area contributed by atoms with E-state index < -0.39 is 28.6 Å². The van der Waals surface area contributed by atoms with E-state index in [-0.39, 0.29) is 18.2 Å². The highest BCUT2D eigenvalue weighted by Crippen LogP contribution is 2.36. The molecule has 2 rings (SSSR count). The molecule has 0 saturated heterocycles. The molecule has 0 aliphatic heterocycles. The third-order valence-electron chi connectivity index (χ3n) is 3.36. The molecule has 0 atom stereocenters. The number of nitrogens with zero attached hydrogens (tertiary/aromatic N) is 1. The highest BCUT2D eigenvalue weighted by atomic mass is 32.1. The number of amides is 1. The second-order valence-corrected chi connectivity index (χ2v) is 6.45. The van der Waals surface area contributed by atoms with Crippen LogP contribution in [-0.2, 0) is 22.1 Å². The standard InChI is InChI=1S/C17H17F3N2O3S/c1-3-25-15(24)13-14(17(18,19)20)22-16(26-13)21-12(23)9-8-11-6-4-10(2)5-7-11/h4-7H,3,8-9H2,1-2H3,(H,21,22,23). The molecule has 1 N–H and O–H groups in total. The van der Waals surface area contributed by atoms with Crippen LogP contribution < -0.4 is 5.32 Å². The summed E-state index contributed by atoms with van der Waals surface area (Å²) in [4.78, 5) is 26.3. The topological polar surface area (TPSA) is 68.3 Å². The second kappa shape index (κ2) is 8.31. The number of carbonyl (C=O) groups is 2. The first-order valence-electron chi connectivity index (χ1n) is 7.81. The van der Waals surface area contributed by atoms with Crippen LogP contribution in [0.4, 0.5) is 18.3 Å². The number of alkyl halides is 3. The first kappa shape index (κ1) is 19.9. The Labute approximate surface area is 152 Å². The molecule has 1 amide bonds. The first-order valence-corrected chi connectivity index (χ1v) is 8.63. The van der Waals surface area contributed by atoms with Gasteiger partial charge in [-0.05, 0) is 25.8 Å². The molecular weight excluding hydrogens is 369 g/mol. The van der Waals surface area contributed by atoms with E-state index in [1.54, 1.807) is 0 Å². The minimum atomic E-state index is -4.82. The van der Waals surface area contributed by atoms with Crippen molar-refractivity contribution in [2.45, 2.75) is 32.9 Å². The zero-order chi connectivity index (χ0) is 19.3. The zero-order valence-electron chi connectivity index (χ0n) is 14.1. The summed E-state index contributed by atoms with van der Waals surface area (Å²) in [6.45, 7) is 3.37. The molecule has 0 bridgehead atoms. The van der Waals surface area contributed by atoms with Gasteiger partial charge >= 0.3 is 12.1 Å². The summed E-state index contributed by atoms with van der Waals surface area (Å²) in [5.41, 5.74) is 0.676. The Bertz CT molecular complexity index is 786. The van der Waals surface area contributed by atoms with Crippen LogP contribution in [0.15, 0.2) is 24.3 Å². The Morgan fingerprint density at radius 3 is 2.46 bits per heavy atom. The van der Waals surface area contributed by atoms with Crippen molar-refractivity contribution in [1.82, 2.24) is 4.98 Å².